The van der Waals surface area contributed by atoms with Gasteiger partial charge in [-0.1, -0.05) is 67.6 Å². The van der Waals surface area contributed by atoms with E-state index in [-0.39, 0.29) is 5.91 Å². The molecule has 4 heteroatoms. The number of amides is 1. The first kappa shape index (κ1) is 20.8. The molecule has 1 fully saturated rings. The highest BCUT2D eigenvalue weighted by Crippen LogP contribution is 2.45. The van der Waals surface area contributed by atoms with Crippen LogP contribution in [0, 0.1) is 0 Å². The molecule has 1 unspecified atom stereocenters. The molecule has 1 atom stereocenters. The lowest BCUT2D eigenvalue weighted by atomic mass is 9.72. The van der Waals surface area contributed by atoms with E-state index in [1.54, 1.807) is 0 Å². The van der Waals surface area contributed by atoms with Gasteiger partial charge < -0.3 is 10.2 Å². The zero-order valence-electron chi connectivity index (χ0n) is 18.8. The number of fused-ring (bicyclic) bond motifs is 1. The largest absolute Gasteiger partial charge is 0.369 e. The van der Waals surface area contributed by atoms with Crippen molar-refractivity contribution in [2.45, 2.75) is 25.2 Å². The van der Waals surface area contributed by atoms with E-state index in [0.29, 0.717) is 0 Å². The number of hydrogen-bond donors (Lipinski definition) is 1. The number of nitrogens with one attached hydrogen (secondary N) is 1. The van der Waals surface area contributed by atoms with Gasteiger partial charge in [-0.3, -0.25) is 9.69 Å². The highest BCUT2D eigenvalue weighted by molar-refractivity contribution is 6.08. The van der Waals surface area contributed by atoms with E-state index in [0.717, 1.165) is 62.4 Å². The molecule has 2 aliphatic rings. The number of hydrogen-bond acceptors (Lipinski definition) is 3. The first-order chi connectivity index (χ1) is 15.7. The van der Waals surface area contributed by atoms with Crippen molar-refractivity contribution in [1.29, 1.82) is 0 Å². The van der Waals surface area contributed by atoms with Gasteiger partial charge in [-0.05, 0) is 54.3 Å². The van der Waals surface area contributed by atoms with Crippen LogP contribution in [0.15, 0.2) is 78.9 Å². The fraction of sp³-hybridized carbons (Fsp3) is 0.321. The molecule has 0 bridgehead atoms. The predicted octanol–water partition coefficient (Wildman–Crippen LogP) is 4.70. The number of para-hydroxylation sites is 1. The van der Waals surface area contributed by atoms with Crippen molar-refractivity contribution in [3.05, 3.63) is 95.6 Å². The molecule has 0 aliphatic carbocycles. The zero-order valence-corrected chi connectivity index (χ0v) is 18.8. The first-order valence-electron chi connectivity index (χ1n) is 11.7. The summed E-state index contributed by atoms with van der Waals surface area (Å²) in [7, 11) is 0. The molecular formula is C28H31N3O. The average molecular weight is 426 g/mol. The number of aryl methyl sites for hydroxylation is 1. The monoisotopic (exact) mass is 425 g/mol. The Labute approximate surface area is 190 Å². The molecule has 164 valence electrons. The number of piperazine rings is 1. The van der Waals surface area contributed by atoms with E-state index < -0.39 is 5.41 Å². The minimum Gasteiger partial charge on any atom is -0.369 e. The van der Waals surface area contributed by atoms with Gasteiger partial charge in [0.1, 0.15) is 5.41 Å². The molecule has 0 spiro atoms. The van der Waals surface area contributed by atoms with Crippen molar-refractivity contribution in [2.75, 3.05) is 42.9 Å². The van der Waals surface area contributed by atoms with E-state index >= 15 is 0 Å². The number of carbonyl (C=O) groups excluding carboxylic acids is 1. The summed E-state index contributed by atoms with van der Waals surface area (Å²) in [5.41, 5.74) is 5.11. The Morgan fingerprint density at radius 2 is 1.56 bits per heavy atom. The lowest BCUT2D eigenvalue weighted by Gasteiger charge is -2.38. The van der Waals surface area contributed by atoms with Crippen LogP contribution < -0.4 is 10.2 Å². The van der Waals surface area contributed by atoms with E-state index in [1.807, 2.05) is 18.2 Å². The van der Waals surface area contributed by atoms with E-state index in [4.69, 9.17) is 0 Å². The molecule has 4 nitrogen and oxygen atoms in total. The minimum atomic E-state index is -0.626. The SMILES string of the molecule is CCc1ccc2c(c1)NC(=O)C2(CCN1CCN(c2ccccc2)CC1)c1ccccc1. The van der Waals surface area contributed by atoms with Crippen LogP contribution in [0.5, 0.6) is 0 Å². The Morgan fingerprint density at radius 3 is 2.25 bits per heavy atom. The highest BCUT2D eigenvalue weighted by Gasteiger charge is 2.48. The second-order valence-electron chi connectivity index (χ2n) is 8.87. The van der Waals surface area contributed by atoms with Crippen LogP contribution in [0.25, 0.3) is 0 Å². The lowest BCUT2D eigenvalue weighted by Crippen LogP contribution is -2.48. The number of rotatable bonds is 6. The van der Waals surface area contributed by atoms with Crippen molar-refractivity contribution < 1.29 is 4.79 Å². The smallest absolute Gasteiger partial charge is 0.239 e. The van der Waals surface area contributed by atoms with Crippen LogP contribution in [0.1, 0.15) is 30.0 Å². The highest BCUT2D eigenvalue weighted by atomic mass is 16.2. The van der Waals surface area contributed by atoms with Gasteiger partial charge in [0.05, 0.1) is 0 Å². The second-order valence-corrected chi connectivity index (χ2v) is 8.87. The summed E-state index contributed by atoms with van der Waals surface area (Å²) in [6.45, 7) is 7.12. The van der Waals surface area contributed by atoms with Crippen molar-refractivity contribution in [1.82, 2.24) is 4.90 Å². The molecule has 1 amide bonds. The summed E-state index contributed by atoms with van der Waals surface area (Å²) in [6.07, 6.45) is 1.75. The lowest BCUT2D eigenvalue weighted by molar-refractivity contribution is -0.119. The van der Waals surface area contributed by atoms with Crippen LogP contribution in [0.3, 0.4) is 0 Å². The zero-order chi connectivity index (χ0) is 22.0. The third-order valence-corrected chi connectivity index (χ3v) is 7.15. The van der Waals surface area contributed by atoms with E-state index in [9.17, 15) is 4.79 Å². The minimum absolute atomic E-state index is 0.106. The fourth-order valence-electron chi connectivity index (χ4n) is 5.23. The molecule has 32 heavy (non-hydrogen) atoms. The van der Waals surface area contributed by atoms with Gasteiger partial charge in [-0.25, -0.2) is 0 Å². The third kappa shape index (κ3) is 3.69. The third-order valence-electron chi connectivity index (χ3n) is 7.15. The Balaban J connectivity index is 1.37. The van der Waals surface area contributed by atoms with Crippen molar-refractivity contribution in [3.8, 4) is 0 Å². The molecule has 3 aromatic carbocycles. The standard InChI is InChI=1S/C28H31N3O/c1-2-22-13-14-25-26(21-22)29-27(32)28(25,23-9-5-3-6-10-23)15-16-30-17-19-31(20-18-30)24-11-7-4-8-12-24/h3-14,21H,2,15-20H2,1H3,(H,29,32). The van der Waals surface area contributed by atoms with Gasteiger partial charge in [0.15, 0.2) is 0 Å². The molecule has 0 radical (unpaired) electrons. The second kappa shape index (κ2) is 8.79. The Bertz CT molecular complexity index is 1070. The van der Waals surface area contributed by atoms with Crippen molar-refractivity contribution in [3.63, 3.8) is 0 Å². The van der Waals surface area contributed by atoms with E-state index in [2.05, 4.69) is 82.7 Å². The number of nitrogens with zero attached hydrogens (tertiary/aromatic N) is 2. The van der Waals surface area contributed by atoms with Gasteiger partial charge in [-0.2, -0.15) is 0 Å². The number of carbonyl (C=O) groups is 1. The summed E-state index contributed by atoms with van der Waals surface area (Å²) in [4.78, 5) is 18.5. The van der Waals surface area contributed by atoms with Crippen LogP contribution in [-0.4, -0.2) is 43.5 Å². The molecular weight excluding hydrogens is 394 g/mol. The summed E-state index contributed by atoms with van der Waals surface area (Å²) < 4.78 is 0. The maximum atomic E-state index is 13.5. The first-order valence-corrected chi connectivity index (χ1v) is 11.7. The normalized spacial score (nSPS) is 20.8. The van der Waals surface area contributed by atoms with Crippen LogP contribution >= 0.6 is 0 Å². The molecule has 2 aliphatic heterocycles. The summed E-state index contributed by atoms with van der Waals surface area (Å²) >= 11 is 0. The number of anilines is 2. The summed E-state index contributed by atoms with van der Waals surface area (Å²) in [5.74, 6) is 0.106. The van der Waals surface area contributed by atoms with Gasteiger partial charge in [0, 0.05) is 37.6 Å². The van der Waals surface area contributed by atoms with Crippen LogP contribution in [-0.2, 0) is 16.6 Å². The van der Waals surface area contributed by atoms with Gasteiger partial charge in [0.2, 0.25) is 5.91 Å². The maximum Gasteiger partial charge on any atom is 0.239 e. The quantitative estimate of drug-likeness (QED) is 0.622. The molecule has 3 aromatic rings. The molecule has 0 saturated carbocycles. The Hall–Kier alpha value is -3.11. The average Bonchev–Trinajstić information content (AvgIpc) is 3.15. The molecule has 2 heterocycles. The van der Waals surface area contributed by atoms with E-state index in [1.165, 1.54) is 11.3 Å². The fourth-order valence-corrected chi connectivity index (χ4v) is 5.23. The molecule has 5 rings (SSSR count). The van der Waals surface area contributed by atoms with Gasteiger partial charge in [0.25, 0.3) is 0 Å². The summed E-state index contributed by atoms with van der Waals surface area (Å²) in [5, 5.41) is 3.21. The summed E-state index contributed by atoms with van der Waals surface area (Å²) in [6, 6.07) is 27.5. The van der Waals surface area contributed by atoms with Crippen LogP contribution in [0.2, 0.25) is 0 Å². The number of benzene rings is 3. The Morgan fingerprint density at radius 1 is 0.875 bits per heavy atom. The molecule has 1 saturated heterocycles. The predicted molar refractivity (Wildman–Crippen MR) is 131 cm³/mol. The maximum absolute atomic E-state index is 13.5. The Kier molecular flexibility index (Phi) is 5.71. The molecule has 0 aromatic heterocycles. The van der Waals surface area contributed by atoms with Crippen LogP contribution in [0.4, 0.5) is 11.4 Å². The molecule has 1 N–H and O–H groups in total. The van der Waals surface area contributed by atoms with Crippen molar-refractivity contribution >= 4 is 17.3 Å². The van der Waals surface area contributed by atoms with Gasteiger partial charge in [-0.15, -0.1) is 0 Å². The van der Waals surface area contributed by atoms with Gasteiger partial charge >= 0.3 is 0 Å². The van der Waals surface area contributed by atoms with Crippen molar-refractivity contribution in [2.24, 2.45) is 0 Å². The topological polar surface area (TPSA) is 35.6 Å².